The molecule has 0 amide bonds. The molecule has 0 radical (unpaired) electrons. The van der Waals surface area contributed by atoms with E-state index in [1.54, 1.807) is 0 Å². The van der Waals surface area contributed by atoms with E-state index >= 15 is 0 Å². The van der Waals surface area contributed by atoms with Crippen LogP contribution in [-0.2, 0) is 17.4 Å². The minimum absolute atomic E-state index is 0.0740. The first-order chi connectivity index (χ1) is 8.21. The van der Waals surface area contributed by atoms with Gasteiger partial charge in [-0.05, 0) is 37.0 Å². The Bertz CT molecular complexity index is 404. The molecule has 1 atom stereocenters. The molecule has 1 aromatic rings. The van der Waals surface area contributed by atoms with Crippen LogP contribution in [0.4, 0.5) is 13.2 Å². The van der Waals surface area contributed by atoms with Crippen LogP contribution >= 0.6 is 0 Å². The van der Waals surface area contributed by atoms with Crippen LogP contribution < -0.4 is 0 Å². The molecule has 0 heterocycles. The van der Waals surface area contributed by atoms with E-state index in [0.29, 0.717) is 6.42 Å². The van der Waals surface area contributed by atoms with E-state index < -0.39 is 11.7 Å². The lowest BCUT2D eigenvalue weighted by Gasteiger charge is -2.18. The molecule has 4 heteroatoms. The third-order valence-electron chi connectivity index (χ3n) is 3.06. The van der Waals surface area contributed by atoms with E-state index in [9.17, 15) is 18.0 Å². The summed E-state index contributed by atoms with van der Waals surface area (Å²) >= 11 is 0. The average Bonchev–Trinajstić information content (AvgIpc) is 2.24. The molecule has 1 unspecified atom stereocenters. The van der Waals surface area contributed by atoms with Gasteiger partial charge in [-0.2, -0.15) is 13.2 Å². The molecule has 0 aliphatic rings. The van der Waals surface area contributed by atoms with Crippen molar-refractivity contribution in [1.29, 1.82) is 0 Å². The van der Waals surface area contributed by atoms with Crippen molar-refractivity contribution < 1.29 is 18.0 Å². The SMILES string of the molecule is CC(=O)C(Cc1ccc(C(F)(F)F)cc1)C(C)C. The molecule has 1 nitrogen and oxygen atoms in total. The van der Waals surface area contributed by atoms with Gasteiger partial charge in [-0.15, -0.1) is 0 Å². The van der Waals surface area contributed by atoms with E-state index in [1.165, 1.54) is 19.1 Å². The summed E-state index contributed by atoms with van der Waals surface area (Å²) in [5.41, 5.74) is 0.104. The molecule has 0 aliphatic carbocycles. The van der Waals surface area contributed by atoms with Crippen LogP contribution in [0.25, 0.3) is 0 Å². The second-order valence-electron chi connectivity index (χ2n) is 4.86. The van der Waals surface area contributed by atoms with Crippen molar-refractivity contribution in [2.75, 3.05) is 0 Å². The molecule has 0 aromatic heterocycles. The number of halogens is 3. The van der Waals surface area contributed by atoms with Gasteiger partial charge in [-0.3, -0.25) is 4.79 Å². The zero-order chi connectivity index (χ0) is 13.9. The number of ketones is 1. The Hall–Kier alpha value is -1.32. The highest BCUT2D eigenvalue weighted by Gasteiger charge is 2.30. The maximum atomic E-state index is 12.4. The highest BCUT2D eigenvalue weighted by molar-refractivity contribution is 5.78. The molecular weight excluding hydrogens is 241 g/mol. The number of hydrogen-bond donors (Lipinski definition) is 0. The highest BCUT2D eigenvalue weighted by Crippen LogP contribution is 2.29. The highest BCUT2D eigenvalue weighted by atomic mass is 19.4. The van der Waals surface area contributed by atoms with Crippen molar-refractivity contribution in [2.45, 2.75) is 33.4 Å². The minimum atomic E-state index is -4.31. The Morgan fingerprint density at radius 1 is 1.17 bits per heavy atom. The van der Waals surface area contributed by atoms with Gasteiger partial charge in [-0.25, -0.2) is 0 Å². The number of carbonyl (C=O) groups is 1. The molecule has 18 heavy (non-hydrogen) atoms. The van der Waals surface area contributed by atoms with Crippen molar-refractivity contribution in [3.8, 4) is 0 Å². The standard InChI is InChI=1S/C14H17F3O/c1-9(2)13(10(3)18)8-11-4-6-12(7-5-11)14(15,16)17/h4-7,9,13H,8H2,1-3H3. The quantitative estimate of drug-likeness (QED) is 0.794. The number of alkyl halides is 3. The molecule has 1 rings (SSSR count). The third-order valence-corrected chi connectivity index (χ3v) is 3.06. The first kappa shape index (κ1) is 14.7. The summed E-state index contributed by atoms with van der Waals surface area (Å²) < 4.78 is 37.2. The second-order valence-corrected chi connectivity index (χ2v) is 4.86. The van der Waals surface area contributed by atoms with Gasteiger partial charge in [-0.1, -0.05) is 26.0 Å². The average molecular weight is 258 g/mol. The molecule has 0 saturated carbocycles. The Kier molecular flexibility index (Phi) is 4.54. The topological polar surface area (TPSA) is 17.1 Å². The summed E-state index contributed by atoms with van der Waals surface area (Å²) in [6, 6.07) is 5.02. The van der Waals surface area contributed by atoms with Gasteiger partial charge in [0.05, 0.1) is 5.56 Å². The maximum absolute atomic E-state index is 12.4. The number of hydrogen-bond acceptors (Lipinski definition) is 1. The third kappa shape index (κ3) is 3.86. The van der Waals surface area contributed by atoms with Crippen molar-refractivity contribution in [2.24, 2.45) is 11.8 Å². The summed E-state index contributed by atoms with van der Waals surface area (Å²) in [5.74, 6) is 0.122. The fraction of sp³-hybridized carbons (Fsp3) is 0.500. The lowest BCUT2D eigenvalue weighted by Crippen LogP contribution is -2.20. The van der Waals surface area contributed by atoms with Crippen LogP contribution in [0.5, 0.6) is 0 Å². The Morgan fingerprint density at radius 2 is 1.67 bits per heavy atom. The van der Waals surface area contributed by atoms with Crippen molar-refractivity contribution in [1.82, 2.24) is 0 Å². The predicted molar refractivity (Wildman–Crippen MR) is 64.2 cm³/mol. The van der Waals surface area contributed by atoms with Gasteiger partial charge < -0.3 is 0 Å². The van der Waals surface area contributed by atoms with Gasteiger partial charge in [0.1, 0.15) is 5.78 Å². The van der Waals surface area contributed by atoms with Gasteiger partial charge in [0, 0.05) is 5.92 Å². The maximum Gasteiger partial charge on any atom is 0.416 e. The first-order valence-corrected chi connectivity index (χ1v) is 5.88. The Balaban J connectivity index is 2.83. The lowest BCUT2D eigenvalue weighted by atomic mass is 9.86. The van der Waals surface area contributed by atoms with E-state index in [0.717, 1.165) is 17.7 Å². The van der Waals surface area contributed by atoms with E-state index in [1.807, 2.05) is 13.8 Å². The van der Waals surface area contributed by atoms with Crippen LogP contribution in [-0.4, -0.2) is 5.78 Å². The van der Waals surface area contributed by atoms with Crippen LogP contribution in [0, 0.1) is 11.8 Å². The molecular formula is C14H17F3O. The minimum Gasteiger partial charge on any atom is -0.300 e. The van der Waals surface area contributed by atoms with Crippen LogP contribution in [0.15, 0.2) is 24.3 Å². The normalized spacial score (nSPS) is 13.7. The predicted octanol–water partition coefficient (Wildman–Crippen LogP) is 4.11. The molecule has 0 bridgehead atoms. The lowest BCUT2D eigenvalue weighted by molar-refractivity contribution is -0.137. The fourth-order valence-electron chi connectivity index (χ4n) is 1.93. The number of benzene rings is 1. The van der Waals surface area contributed by atoms with E-state index in [-0.39, 0.29) is 17.6 Å². The molecule has 0 fully saturated rings. The van der Waals surface area contributed by atoms with Crippen molar-refractivity contribution in [3.05, 3.63) is 35.4 Å². The van der Waals surface area contributed by atoms with Crippen molar-refractivity contribution >= 4 is 5.78 Å². The zero-order valence-electron chi connectivity index (χ0n) is 10.7. The first-order valence-electron chi connectivity index (χ1n) is 5.88. The van der Waals surface area contributed by atoms with Gasteiger partial charge in [0.15, 0.2) is 0 Å². The number of carbonyl (C=O) groups excluding carboxylic acids is 1. The van der Waals surface area contributed by atoms with Crippen LogP contribution in [0.2, 0.25) is 0 Å². The number of Topliss-reactive ketones (excluding diaryl/α,β-unsaturated/α-hetero) is 1. The molecule has 0 aliphatic heterocycles. The molecule has 0 saturated heterocycles. The van der Waals surface area contributed by atoms with Gasteiger partial charge >= 0.3 is 6.18 Å². The summed E-state index contributed by atoms with van der Waals surface area (Å²) in [6.45, 7) is 5.40. The van der Waals surface area contributed by atoms with E-state index in [2.05, 4.69) is 0 Å². The Labute approximate surface area is 105 Å². The second kappa shape index (κ2) is 5.55. The number of rotatable bonds is 4. The van der Waals surface area contributed by atoms with Crippen LogP contribution in [0.3, 0.4) is 0 Å². The summed E-state index contributed by atoms with van der Waals surface area (Å²) in [6.07, 6.45) is -3.82. The van der Waals surface area contributed by atoms with E-state index in [4.69, 9.17) is 0 Å². The van der Waals surface area contributed by atoms with Crippen LogP contribution in [0.1, 0.15) is 31.9 Å². The summed E-state index contributed by atoms with van der Waals surface area (Å²) in [4.78, 5) is 11.4. The Morgan fingerprint density at radius 3 is 2.00 bits per heavy atom. The summed E-state index contributed by atoms with van der Waals surface area (Å²) in [5, 5.41) is 0. The summed E-state index contributed by atoms with van der Waals surface area (Å²) in [7, 11) is 0. The largest absolute Gasteiger partial charge is 0.416 e. The molecule has 0 N–H and O–H groups in total. The molecule has 100 valence electrons. The molecule has 1 aromatic carbocycles. The smallest absolute Gasteiger partial charge is 0.300 e. The fourth-order valence-corrected chi connectivity index (χ4v) is 1.93. The monoisotopic (exact) mass is 258 g/mol. The van der Waals surface area contributed by atoms with Gasteiger partial charge in [0.2, 0.25) is 0 Å². The van der Waals surface area contributed by atoms with Crippen molar-refractivity contribution in [3.63, 3.8) is 0 Å². The zero-order valence-corrected chi connectivity index (χ0v) is 10.7. The molecule has 0 spiro atoms. The van der Waals surface area contributed by atoms with Gasteiger partial charge in [0.25, 0.3) is 0 Å².